The first-order valence-corrected chi connectivity index (χ1v) is 10.6. The molecule has 28 heavy (non-hydrogen) atoms. The monoisotopic (exact) mass is 445 g/mol. The predicted molar refractivity (Wildman–Crippen MR) is 116 cm³/mol. The lowest BCUT2D eigenvalue weighted by molar-refractivity contribution is -0.123. The number of hydrogen-bond donors (Lipinski definition) is 3. The molecule has 3 rings (SSSR count). The molecule has 1 aromatic heterocycles. The van der Waals surface area contributed by atoms with E-state index in [0.29, 0.717) is 18.9 Å². The Morgan fingerprint density at radius 2 is 2.04 bits per heavy atom. The molecule has 0 bridgehead atoms. The summed E-state index contributed by atoms with van der Waals surface area (Å²) in [4.78, 5) is 21.4. The molecule has 2 aromatic rings. The molecule has 0 aliphatic heterocycles. The lowest BCUT2D eigenvalue weighted by Crippen LogP contribution is -2.46. The molecule has 0 unspecified atom stereocenters. The number of nitrogens with zero attached hydrogens (tertiary/aromatic N) is 2. The smallest absolute Gasteiger partial charge is 0.237 e. The van der Waals surface area contributed by atoms with Crippen molar-refractivity contribution in [3.63, 3.8) is 0 Å². The number of carbonyl (C=O) groups excluding carboxylic acids is 1. The van der Waals surface area contributed by atoms with Crippen molar-refractivity contribution in [3.05, 3.63) is 51.9 Å². The van der Waals surface area contributed by atoms with Gasteiger partial charge in [-0.2, -0.15) is 0 Å². The van der Waals surface area contributed by atoms with E-state index in [1.165, 1.54) is 5.56 Å². The fourth-order valence-corrected chi connectivity index (χ4v) is 3.87. The number of anilines is 1. The van der Waals surface area contributed by atoms with Crippen molar-refractivity contribution in [2.24, 2.45) is 0 Å². The summed E-state index contributed by atoms with van der Waals surface area (Å²) in [7, 11) is 1.82. The summed E-state index contributed by atoms with van der Waals surface area (Å²) in [6.07, 6.45) is 4.40. The number of amides is 1. The van der Waals surface area contributed by atoms with Crippen molar-refractivity contribution in [2.45, 2.75) is 51.1 Å². The van der Waals surface area contributed by atoms with Gasteiger partial charge >= 0.3 is 0 Å². The van der Waals surface area contributed by atoms with Crippen molar-refractivity contribution >= 4 is 27.7 Å². The Bertz CT molecular complexity index is 811. The number of aryl methyl sites for hydroxylation is 1. The maximum Gasteiger partial charge on any atom is 0.237 e. The molecule has 6 nitrogen and oxygen atoms in total. The van der Waals surface area contributed by atoms with Gasteiger partial charge in [-0.25, -0.2) is 9.97 Å². The van der Waals surface area contributed by atoms with Crippen molar-refractivity contribution in [1.82, 2.24) is 20.6 Å². The van der Waals surface area contributed by atoms with E-state index in [-0.39, 0.29) is 18.0 Å². The van der Waals surface area contributed by atoms with E-state index >= 15 is 0 Å². The fourth-order valence-electron chi connectivity index (χ4n) is 3.61. The second-order valence-corrected chi connectivity index (χ2v) is 8.40. The Morgan fingerprint density at radius 3 is 2.75 bits per heavy atom. The van der Waals surface area contributed by atoms with Crippen LogP contribution in [0.3, 0.4) is 0 Å². The molecular weight excluding hydrogens is 418 g/mol. The van der Waals surface area contributed by atoms with Crippen LogP contribution in [0.1, 0.15) is 43.0 Å². The molecule has 1 amide bonds. The third-order valence-corrected chi connectivity index (χ3v) is 5.79. The van der Waals surface area contributed by atoms with E-state index in [1.54, 1.807) is 6.33 Å². The van der Waals surface area contributed by atoms with Gasteiger partial charge in [0.15, 0.2) is 0 Å². The second kappa shape index (κ2) is 9.47. The number of rotatable bonds is 8. The van der Waals surface area contributed by atoms with Crippen LogP contribution >= 0.6 is 15.9 Å². The molecule has 0 saturated carbocycles. The van der Waals surface area contributed by atoms with Crippen LogP contribution in [0, 0.1) is 0 Å². The van der Waals surface area contributed by atoms with E-state index in [9.17, 15) is 4.79 Å². The molecule has 0 spiro atoms. The summed E-state index contributed by atoms with van der Waals surface area (Å²) < 4.78 is 1.03. The first kappa shape index (κ1) is 20.7. The van der Waals surface area contributed by atoms with Gasteiger partial charge in [0.25, 0.3) is 0 Å². The molecule has 150 valence electrons. The van der Waals surface area contributed by atoms with Gasteiger partial charge in [0.05, 0.1) is 6.04 Å². The number of fused-ring (bicyclic) bond motifs is 1. The molecular formula is C21H28BrN5O. The van der Waals surface area contributed by atoms with E-state index in [2.05, 4.69) is 55.7 Å². The summed E-state index contributed by atoms with van der Waals surface area (Å²) in [5.74, 6) is 1.37. The summed E-state index contributed by atoms with van der Waals surface area (Å²) in [6, 6.07) is 7.85. The fraction of sp³-hybridized carbons (Fsp3) is 0.476. The van der Waals surface area contributed by atoms with Gasteiger partial charge in [0.1, 0.15) is 12.1 Å². The lowest BCUT2D eigenvalue weighted by Gasteiger charge is -2.21. The van der Waals surface area contributed by atoms with Crippen LogP contribution in [0.25, 0.3) is 0 Å². The number of hydrogen-bond acceptors (Lipinski definition) is 5. The second-order valence-electron chi connectivity index (χ2n) is 7.48. The number of aromatic nitrogens is 2. The van der Waals surface area contributed by atoms with Gasteiger partial charge in [0, 0.05) is 28.3 Å². The van der Waals surface area contributed by atoms with Gasteiger partial charge in [-0.3, -0.25) is 4.79 Å². The summed E-state index contributed by atoms with van der Waals surface area (Å²) in [6.45, 7) is 4.80. The standard InChI is InChI=1S/C21H28BrN5O/c1-13-4-9-17-19(13)20(26-12-25-17)27-14(2)11-24-21(28)18(23-3)10-15-5-7-16(22)8-6-15/h5-8,12-14,18,23H,4,9-11H2,1-3H3,(H,24,28)(H,25,26,27)/t13-,14+,18-/m1/s1. The first-order valence-electron chi connectivity index (χ1n) is 9.77. The third kappa shape index (κ3) is 5.08. The normalized spacial score (nSPS) is 17.6. The topological polar surface area (TPSA) is 78.9 Å². The van der Waals surface area contributed by atoms with Gasteiger partial charge in [-0.1, -0.05) is 35.0 Å². The van der Waals surface area contributed by atoms with Crippen molar-refractivity contribution in [2.75, 3.05) is 18.9 Å². The number of nitrogens with one attached hydrogen (secondary N) is 3. The minimum absolute atomic E-state index is 0.000327. The molecule has 7 heteroatoms. The Morgan fingerprint density at radius 1 is 1.29 bits per heavy atom. The van der Waals surface area contributed by atoms with Gasteiger partial charge in [0.2, 0.25) is 5.91 Å². The maximum absolute atomic E-state index is 12.6. The van der Waals surface area contributed by atoms with Crippen LogP contribution in [-0.2, 0) is 17.6 Å². The van der Waals surface area contributed by atoms with Crippen LogP contribution in [0.5, 0.6) is 0 Å². The van der Waals surface area contributed by atoms with Gasteiger partial charge in [-0.15, -0.1) is 0 Å². The average molecular weight is 446 g/mol. The molecule has 1 heterocycles. The predicted octanol–water partition coefficient (Wildman–Crippen LogP) is 3.04. The van der Waals surface area contributed by atoms with Crippen LogP contribution in [0.15, 0.2) is 35.1 Å². The number of benzene rings is 1. The summed E-state index contributed by atoms with van der Waals surface area (Å²) in [5, 5.41) is 9.61. The van der Waals surface area contributed by atoms with Crippen LogP contribution in [-0.4, -0.2) is 41.6 Å². The van der Waals surface area contributed by atoms with Crippen molar-refractivity contribution < 1.29 is 4.79 Å². The number of likely N-dealkylation sites (N-methyl/N-ethyl adjacent to an activating group) is 1. The van der Waals surface area contributed by atoms with Crippen molar-refractivity contribution in [1.29, 1.82) is 0 Å². The van der Waals surface area contributed by atoms with Crippen LogP contribution < -0.4 is 16.0 Å². The Labute approximate surface area is 175 Å². The largest absolute Gasteiger partial charge is 0.366 e. The molecule has 0 saturated heterocycles. The highest BCUT2D eigenvalue weighted by Gasteiger charge is 2.25. The number of halogens is 1. The highest BCUT2D eigenvalue weighted by atomic mass is 79.9. The van der Waals surface area contributed by atoms with Crippen LogP contribution in [0.4, 0.5) is 5.82 Å². The summed E-state index contributed by atoms with van der Waals surface area (Å²) in [5.41, 5.74) is 3.49. The zero-order chi connectivity index (χ0) is 20.1. The maximum atomic E-state index is 12.6. The Balaban J connectivity index is 1.53. The molecule has 1 aliphatic rings. The average Bonchev–Trinajstić information content (AvgIpc) is 3.07. The molecule has 1 aliphatic carbocycles. The van der Waals surface area contributed by atoms with Gasteiger partial charge < -0.3 is 16.0 Å². The minimum atomic E-state index is -0.267. The number of carbonyl (C=O) groups is 1. The molecule has 3 N–H and O–H groups in total. The molecule has 1 aromatic carbocycles. The highest BCUT2D eigenvalue weighted by molar-refractivity contribution is 9.10. The van der Waals surface area contributed by atoms with Crippen LogP contribution in [0.2, 0.25) is 0 Å². The lowest BCUT2D eigenvalue weighted by atomic mass is 10.1. The zero-order valence-corrected chi connectivity index (χ0v) is 18.2. The molecule has 0 fully saturated rings. The molecule has 0 radical (unpaired) electrons. The SMILES string of the molecule is CN[C@H](Cc1ccc(Br)cc1)C(=O)NC[C@H](C)Nc1ncnc2c1[C@H](C)CC2. The highest BCUT2D eigenvalue weighted by Crippen LogP contribution is 2.35. The minimum Gasteiger partial charge on any atom is -0.366 e. The van der Waals surface area contributed by atoms with Crippen molar-refractivity contribution in [3.8, 4) is 0 Å². The third-order valence-electron chi connectivity index (χ3n) is 5.26. The first-order chi connectivity index (χ1) is 13.5. The van der Waals surface area contributed by atoms with E-state index in [0.717, 1.165) is 34.4 Å². The quantitative estimate of drug-likeness (QED) is 0.581. The van der Waals surface area contributed by atoms with Gasteiger partial charge in [-0.05, 0) is 56.8 Å². The Hall–Kier alpha value is -1.99. The zero-order valence-electron chi connectivity index (χ0n) is 16.6. The van der Waals surface area contributed by atoms with E-state index in [1.807, 2.05) is 31.3 Å². The molecule has 3 atom stereocenters. The van der Waals surface area contributed by atoms with E-state index < -0.39 is 0 Å². The Kier molecular flexibility index (Phi) is 7.02. The summed E-state index contributed by atoms with van der Waals surface area (Å²) >= 11 is 3.44. The van der Waals surface area contributed by atoms with E-state index in [4.69, 9.17) is 0 Å².